The molecule has 0 bridgehead atoms. The van der Waals surface area contributed by atoms with Crippen LogP contribution in [0.4, 0.5) is 0 Å². The first kappa shape index (κ1) is 10.9. The summed E-state index contributed by atoms with van der Waals surface area (Å²) in [6.45, 7) is 7.26. The lowest BCUT2D eigenvalue weighted by molar-refractivity contribution is 0.616. The van der Waals surface area contributed by atoms with Crippen LogP contribution in [0.15, 0.2) is 4.34 Å². The van der Waals surface area contributed by atoms with E-state index in [0.29, 0.717) is 6.04 Å². The number of rotatable bonds is 5. The van der Waals surface area contributed by atoms with E-state index in [1.54, 1.807) is 11.8 Å². The van der Waals surface area contributed by atoms with E-state index in [-0.39, 0.29) is 0 Å². The molecule has 0 fully saturated rings. The predicted molar refractivity (Wildman–Crippen MR) is 58.5 cm³/mol. The number of thioether (sulfide) groups is 1. The van der Waals surface area contributed by atoms with Crippen molar-refractivity contribution in [3.63, 3.8) is 0 Å². The van der Waals surface area contributed by atoms with Crippen molar-refractivity contribution in [2.24, 2.45) is 0 Å². The highest BCUT2D eigenvalue weighted by molar-refractivity contribution is 8.00. The van der Waals surface area contributed by atoms with Gasteiger partial charge in [-0.25, -0.2) is 4.98 Å². The van der Waals surface area contributed by atoms with Crippen molar-refractivity contribution in [3.05, 3.63) is 5.82 Å². The van der Waals surface area contributed by atoms with Crippen molar-refractivity contribution in [2.75, 3.05) is 12.3 Å². The standard InChI is InChI=1S/C8H15N3S2/c1-6(2)9-4-5-12-8-10-7(3)11-13-8/h6,9H,4-5H2,1-3H3. The van der Waals surface area contributed by atoms with Crippen LogP contribution in [0.5, 0.6) is 0 Å². The third kappa shape index (κ3) is 4.59. The van der Waals surface area contributed by atoms with E-state index in [1.807, 2.05) is 6.92 Å². The van der Waals surface area contributed by atoms with Crippen molar-refractivity contribution in [3.8, 4) is 0 Å². The molecule has 1 N–H and O–H groups in total. The lowest BCUT2D eigenvalue weighted by atomic mass is 10.4. The zero-order valence-corrected chi connectivity index (χ0v) is 9.84. The maximum absolute atomic E-state index is 4.27. The maximum Gasteiger partial charge on any atom is 0.170 e. The van der Waals surface area contributed by atoms with Crippen molar-refractivity contribution < 1.29 is 0 Å². The maximum atomic E-state index is 4.27. The summed E-state index contributed by atoms with van der Waals surface area (Å²) in [4.78, 5) is 4.27. The topological polar surface area (TPSA) is 37.8 Å². The molecule has 1 aromatic rings. The minimum atomic E-state index is 0.566. The van der Waals surface area contributed by atoms with E-state index < -0.39 is 0 Å². The molecule has 13 heavy (non-hydrogen) atoms. The van der Waals surface area contributed by atoms with Crippen molar-refractivity contribution >= 4 is 23.3 Å². The SMILES string of the molecule is Cc1nsc(SCCNC(C)C)n1. The van der Waals surface area contributed by atoms with Gasteiger partial charge >= 0.3 is 0 Å². The molecular formula is C8H15N3S2. The highest BCUT2D eigenvalue weighted by Crippen LogP contribution is 2.18. The van der Waals surface area contributed by atoms with Gasteiger partial charge in [-0.15, -0.1) is 0 Å². The first-order valence-corrected chi connectivity index (χ1v) is 6.11. The number of aryl methyl sites for hydroxylation is 1. The first-order chi connectivity index (χ1) is 6.18. The summed E-state index contributed by atoms with van der Waals surface area (Å²) in [5.41, 5.74) is 0. The largest absolute Gasteiger partial charge is 0.314 e. The molecule has 0 amide bonds. The van der Waals surface area contributed by atoms with Gasteiger partial charge in [0.25, 0.3) is 0 Å². The van der Waals surface area contributed by atoms with Gasteiger partial charge in [-0.05, 0) is 18.5 Å². The highest BCUT2D eigenvalue weighted by Gasteiger charge is 2.00. The fourth-order valence-electron chi connectivity index (χ4n) is 0.823. The van der Waals surface area contributed by atoms with Crippen LogP contribution in [-0.4, -0.2) is 27.7 Å². The van der Waals surface area contributed by atoms with Gasteiger partial charge in [0, 0.05) is 18.3 Å². The van der Waals surface area contributed by atoms with E-state index in [4.69, 9.17) is 0 Å². The molecule has 0 spiro atoms. The number of hydrogen-bond donors (Lipinski definition) is 1. The van der Waals surface area contributed by atoms with Crippen LogP contribution >= 0.6 is 23.3 Å². The van der Waals surface area contributed by atoms with E-state index in [9.17, 15) is 0 Å². The van der Waals surface area contributed by atoms with Gasteiger partial charge in [0.15, 0.2) is 4.34 Å². The molecule has 0 aromatic carbocycles. The Morgan fingerprint density at radius 1 is 1.54 bits per heavy atom. The van der Waals surface area contributed by atoms with Gasteiger partial charge in [0.1, 0.15) is 5.82 Å². The Hall–Kier alpha value is -0.130. The van der Waals surface area contributed by atoms with Gasteiger partial charge in [-0.1, -0.05) is 25.6 Å². The second kappa shape index (κ2) is 5.57. The molecule has 1 rings (SSSR count). The second-order valence-electron chi connectivity index (χ2n) is 3.06. The summed E-state index contributed by atoms with van der Waals surface area (Å²) in [5, 5.41) is 3.36. The molecule has 0 aliphatic heterocycles. The molecule has 1 aromatic heterocycles. The van der Waals surface area contributed by atoms with E-state index in [2.05, 4.69) is 28.5 Å². The first-order valence-electron chi connectivity index (χ1n) is 4.35. The van der Waals surface area contributed by atoms with E-state index in [1.165, 1.54) is 11.5 Å². The Morgan fingerprint density at radius 3 is 2.85 bits per heavy atom. The molecule has 74 valence electrons. The zero-order valence-electron chi connectivity index (χ0n) is 8.20. The summed E-state index contributed by atoms with van der Waals surface area (Å²) < 4.78 is 5.19. The van der Waals surface area contributed by atoms with Crippen molar-refractivity contribution in [2.45, 2.75) is 31.2 Å². The van der Waals surface area contributed by atoms with Crippen LogP contribution in [0.25, 0.3) is 0 Å². The quantitative estimate of drug-likeness (QED) is 0.604. The van der Waals surface area contributed by atoms with Crippen LogP contribution in [0.2, 0.25) is 0 Å². The normalized spacial score (nSPS) is 11.1. The van der Waals surface area contributed by atoms with E-state index in [0.717, 1.165) is 22.5 Å². The van der Waals surface area contributed by atoms with Crippen LogP contribution in [0.3, 0.4) is 0 Å². The Balaban J connectivity index is 2.13. The average molecular weight is 217 g/mol. The molecule has 3 nitrogen and oxygen atoms in total. The fraction of sp³-hybridized carbons (Fsp3) is 0.750. The van der Waals surface area contributed by atoms with Gasteiger partial charge < -0.3 is 5.32 Å². The van der Waals surface area contributed by atoms with Gasteiger partial charge in [-0.3, -0.25) is 0 Å². The minimum Gasteiger partial charge on any atom is -0.314 e. The zero-order chi connectivity index (χ0) is 9.68. The molecule has 0 aliphatic carbocycles. The fourth-order valence-corrected chi connectivity index (χ4v) is 2.41. The predicted octanol–water partition coefficient (Wildman–Crippen LogP) is 1.94. The van der Waals surface area contributed by atoms with Crippen LogP contribution in [0, 0.1) is 6.92 Å². The van der Waals surface area contributed by atoms with Gasteiger partial charge in [0.2, 0.25) is 0 Å². The van der Waals surface area contributed by atoms with Crippen LogP contribution in [0.1, 0.15) is 19.7 Å². The van der Waals surface area contributed by atoms with Gasteiger partial charge in [-0.2, -0.15) is 4.37 Å². The second-order valence-corrected chi connectivity index (χ2v) is 5.16. The Morgan fingerprint density at radius 2 is 2.31 bits per heavy atom. The third-order valence-corrected chi connectivity index (χ3v) is 3.32. The molecular weight excluding hydrogens is 202 g/mol. The van der Waals surface area contributed by atoms with Gasteiger partial charge in [0.05, 0.1) is 0 Å². The highest BCUT2D eigenvalue weighted by atomic mass is 32.2. The van der Waals surface area contributed by atoms with Crippen LogP contribution in [-0.2, 0) is 0 Å². The lowest BCUT2D eigenvalue weighted by Gasteiger charge is -2.05. The summed E-state index contributed by atoms with van der Waals surface area (Å²) in [6, 6.07) is 0.566. The average Bonchev–Trinajstić information content (AvgIpc) is 2.45. The van der Waals surface area contributed by atoms with E-state index >= 15 is 0 Å². The molecule has 1 heterocycles. The summed E-state index contributed by atoms with van der Waals surface area (Å²) in [7, 11) is 0. The van der Waals surface area contributed by atoms with Crippen molar-refractivity contribution in [1.82, 2.24) is 14.7 Å². The molecule has 0 unspecified atom stereocenters. The summed E-state index contributed by atoms with van der Waals surface area (Å²) in [6.07, 6.45) is 0. The Kier molecular flexibility index (Phi) is 4.69. The monoisotopic (exact) mass is 217 g/mol. The molecule has 0 aliphatic rings. The molecule has 0 radical (unpaired) electrons. The Labute approximate surface area is 87.5 Å². The molecule has 5 heteroatoms. The summed E-state index contributed by atoms with van der Waals surface area (Å²) >= 11 is 3.25. The number of aromatic nitrogens is 2. The summed E-state index contributed by atoms with van der Waals surface area (Å²) in [5.74, 6) is 1.94. The Bertz CT molecular complexity index is 247. The number of nitrogens with zero attached hydrogens (tertiary/aromatic N) is 2. The molecule has 0 saturated heterocycles. The lowest BCUT2D eigenvalue weighted by Crippen LogP contribution is -2.24. The molecule has 0 atom stereocenters. The smallest absolute Gasteiger partial charge is 0.170 e. The van der Waals surface area contributed by atoms with Crippen LogP contribution < -0.4 is 5.32 Å². The number of hydrogen-bond acceptors (Lipinski definition) is 5. The third-order valence-electron chi connectivity index (χ3n) is 1.39. The number of nitrogens with one attached hydrogen (secondary N) is 1. The van der Waals surface area contributed by atoms with Crippen molar-refractivity contribution in [1.29, 1.82) is 0 Å². The minimum absolute atomic E-state index is 0.566. The molecule has 0 saturated carbocycles.